The van der Waals surface area contributed by atoms with E-state index in [1.54, 1.807) is 0 Å². The zero-order valence-electron chi connectivity index (χ0n) is 25.0. The zero-order valence-corrected chi connectivity index (χ0v) is 27.0. The minimum absolute atomic E-state index is 1.23. The van der Waals surface area contributed by atoms with Crippen LogP contribution in [0.5, 0.6) is 0 Å². The first-order valence-corrected chi connectivity index (χ1v) is 19.5. The number of benzene rings is 4. The minimum atomic E-state index is -3.00. The van der Waals surface area contributed by atoms with Gasteiger partial charge in [0, 0.05) is 49.6 Å². The average Bonchev–Trinajstić information content (AvgIpc) is 3.14. The summed E-state index contributed by atoms with van der Waals surface area (Å²) in [6.07, 6.45) is 15.9. The van der Waals surface area contributed by atoms with Crippen LogP contribution >= 0.6 is 0 Å². The Hall–Kier alpha value is -5.57. The highest BCUT2D eigenvalue weighted by Gasteiger charge is 2.57. The van der Waals surface area contributed by atoms with Gasteiger partial charge in [0.2, 0.25) is 0 Å². The topological polar surface area (TPSA) is 51.6 Å². The maximum Gasteiger partial charge on any atom is 0.182 e. The summed E-state index contributed by atoms with van der Waals surface area (Å²) in [6.45, 7) is 0. The standard InChI is InChI=1S/C40H28N4Si2/c1-2-10-30-22-38-37(21-29(30)9-1)45(33-13-5-17-41-25-33,34-14-6-18-42-26-34)39-23-31-11-3-4-12-32(31)24-40(39)46(38,35-15-7-19-43-27-35)36-16-8-20-44-28-36/h1-28H. The molecule has 4 nitrogen and oxygen atoms in total. The van der Waals surface area contributed by atoms with E-state index in [4.69, 9.17) is 19.9 Å². The second-order valence-electron chi connectivity index (χ2n) is 12.0. The van der Waals surface area contributed by atoms with E-state index in [1.807, 2.05) is 24.8 Å². The normalized spacial score (nSPS) is 14.4. The Balaban J connectivity index is 1.60. The van der Waals surface area contributed by atoms with E-state index in [0.29, 0.717) is 0 Å². The van der Waals surface area contributed by atoms with E-state index in [9.17, 15) is 0 Å². The molecule has 0 aliphatic carbocycles. The largest absolute Gasteiger partial charge is 0.265 e. The molecule has 46 heavy (non-hydrogen) atoms. The monoisotopic (exact) mass is 620 g/mol. The summed E-state index contributed by atoms with van der Waals surface area (Å²) in [5.74, 6) is 0. The molecular formula is C40H28N4Si2. The van der Waals surface area contributed by atoms with Crippen LogP contribution in [0.3, 0.4) is 0 Å². The van der Waals surface area contributed by atoms with Crippen molar-refractivity contribution in [1.82, 2.24) is 19.9 Å². The van der Waals surface area contributed by atoms with Gasteiger partial charge in [0.15, 0.2) is 16.1 Å². The number of hydrogen-bond acceptors (Lipinski definition) is 4. The second-order valence-corrected chi connectivity index (χ2v) is 19.4. The summed E-state index contributed by atoms with van der Waals surface area (Å²) < 4.78 is 0. The molecule has 0 bridgehead atoms. The molecule has 0 radical (unpaired) electrons. The molecular weight excluding hydrogens is 593 g/mol. The Morgan fingerprint density at radius 1 is 0.304 bits per heavy atom. The minimum Gasteiger partial charge on any atom is -0.265 e. The van der Waals surface area contributed by atoms with Crippen molar-refractivity contribution in [3.63, 3.8) is 0 Å². The maximum atomic E-state index is 4.76. The molecule has 0 spiro atoms. The van der Waals surface area contributed by atoms with Crippen LogP contribution in [0.15, 0.2) is 171 Å². The van der Waals surface area contributed by atoms with Crippen LogP contribution in [0.2, 0.25) is 0 Å². The lowest BCUT2D eigenvalue weighted by molar-refractivity contribution is 1.33. The molecule has 5 heterocycles. The van der Waals surface area contributed by atoms with Crippen molar-refractivity contribution in [2.75, 3.05) is 0 Å². The van der Waals surface area contributed by atoms with Crippen LogP contribution in [0.25, 0.3) is 21.5 Å². The maximum absolute atomic E-state index is 4.76. The lowest BCUT2D eigenvalue weighted by Crippen LogP contribution is -2.93. The molecule has 9 rings (SSSR count). The van der Waals surface area contributed by atoms with Gasteiger partial charge in [-0.05, 0) is 87.3 Å². The van der Waals surface area contributed by atoms with Crippen molar-refractivity contribution in [2.45, 2.75) is 0 Å². The number of pyridine rings is 4. The fourth-order valence-electron chi connectivity index (χ4n) is 7.93. The smallest absolute Gasteiger partial charge is 0.182 e. The van der Waals surface area contributed by atoms with Gasteiger partial charge in [-0.15, -0.1) is 0 Å². The summed E-state index contributed by atoms with van der Waals surface area (Å²) in [4.78, 5) is 19.0. The molecule has 1 aliphatic rings. The molecule has 0 saturated heterocycles. The highest BCUT2D eigenvalue weighted by molar-refractivity contribution is 7.33. The van der Waals surface area contributed by atoms with Crippen LogP contribution in [0, 0.1) is 0 Å². The molecule has 0 N–H and O–H groups in total. The fraction of sp³-hybridized carbons (Fsp3) is 0. The Morgan fingerprint density at radius 3 is 0.783 bits per heavy atom. The van der Waals surface area contributed by atoms with Crippen molar-refractivity contribution >= 4 is 79.2 Å². The van der Waals surface area contributed by atoms with Crippen LogP contribution in [0.1, 0.15) is 0 Å². The predicted molar refractivity (Wildman–Crippen MR) is 193 cm³/mol. The fourth-order valence-corrected chi connectivity index (χ4v) is 19.8. The highest BCUT2D eigenvalue weighted by Crippen LogP contribution is 2.24. The van der Waals surface area contributed by atoms with Crippen molar-refractivity contribution in [1.29, 1.82) is 0 Å². The first kappa shape index (κ1) is 26.8. The predicted octanol–water partition coefficient (Wildman–Crippen LogP) is 2.64. The van der Waals surface area contributed by atoms with Crippen LogP contribution in [0.4, 0.5) is 0 Å². The van der Waals surface area contributed by atoms with Crippen LogP contribution < -0.4 is 41.5 Å². The van der Waals surface area contributed by atoms with E-state index >= 15 is 0 Å². The number of aromatic nitrogens is 4. The number of rotatable bonds is 4. The van der Waals surface area contributed by atoms with Gasteiger partial charge in [0.25, 0.3) is 0 Å². The van der Waals surface area contributed by atoms with Gasteiger partial charge in [-0.1, -0.05) is 97.1 Å². The summed E-state index contributed by atoms with van der Waals surface area (Å²) in [5.41, 5.74) is 0. The van der Waals surface area contributed by atoms with Gasteiger partial charge >= 0.3 is 0 Å². The van der Waals surface area contributed by atoms with E-state index in [1.165, 1.54) is 63.0 Å². The Kier molecular flexibility index (Phi) is 6.13. The van der Waals surface area contributed by atoms with Crippen LogP contribution in [-0.4, -0.2) is 36.1 Å². The summed E-state index contributed by atoms with van der Waals surface area (Å²) in [6, 6.07) is 45.0. The molecule has 0 atom stereocenters. The van der Waals surface area contributed by atoms with E-state index in [-0.39, 0.29) is 0 Å². The summed E-state index contributed by atoms with van der Waals surface area (Å²) in [7, 11) is -5.99. The molecule has 1 aliphatic heterocycles. The molecule has 216 valence electrons. The molecule has 4 aromatic heterocycles. The Bertz CT molecular complexity index is 2030. The molecule has 0 fully saturated rings. The van der Waals surface area contributed by atoms with Gasteiger partial charge in [-0.3, -0.25) is 19.9 Å². The summed E-state index contributed by atoms with van der Waals surface area (Å²) >= 11 is 0. The van der Waals surface area contributed by atoms with Crippen LogP contribution in [-0.2, 0) is 0 Å². The SMILES string of the molecule is c1cncc([Si]2(c3cccnc3)c3cc4ccccc4cc3[Si](c3cccnc3)(c3cccnc3)c3cc4ccccc4cc32)c1. The van der Waals surface area contributed by atoms with Crippen molar-refractivity contribution < 1.29 is 0 Å². The molecule has 4 aromatic carbocycles. The third kappa shape index (κ3) is 3.71. The van der Waals surface area contributed by atoms with Gasteiger partial charge < -0.3 is 0 Å². The average molecular weight is 621 g/mol. The number of nitrogens with zero attached hydrogens (tertiary/aromatic N) is 4. The van der Waals surface area contributed by atoms with E-state index < -0.39 is 16.1 Å². The molecule has 8 aromatic rings. The Labute approximate surface area is 269 Å². The zero-order chi connectivity index (χ0) is 30.6. The van der Waals surface area contributed by atoms with Gasteiger partial charge in [0.05, 0.1) is 0 Å². The second kappa shape index (κ2) is 10.5. The Morgan fingerprint density at radius 2 is 0.565 bits per heavy atom. The van der Waals surface area contributed by atoms with Crippen molar-refractivity contribution in [3.05, 3.63) is 171 Å². The van der Waals surface area contributed by atoms with Gasteiger partial charge in [-0.25, -0.2) is 0 Å². The van der Waals surface area contributed by atoms with E-state index in [0.717, 1.165) is 0 Å². The quantitative estimate of drug-likeness (QED) is 0.284. The molecule has 6 heteroatoms. The first-order valence-electron chi connectivity index (χ1n) is 15.5. The van der Waals surface area contributed by atoms with Crippen molar-refractivity contribution in [2.24, 2.45) is 0 Å². The third-order valence-corrected chi connectivity index (χ3v) is 19.8. The third-order valence-electron chi connectivity index (χ3n) is 9.77. The lowest BCUT2D eigenvalue weighted by Gasteiger charge is -2.48. The van der Waals surface area contributed by atoms with E-state index in [2.05, 4.69) is 146 Å². The molecule has 0 unspecified atom stereocenters. The van der Waals surface area contributed by atoms with Gasteiger partial charge in [-0.2, -0.15) is 0 Å². The van der Waals surface area contributed by atoms with Crippen molar-refractivity contribution in [3.8, 4) is 0 Å². The highest BCUT2D eigenvalue weighted by atomic mass is 28.3. The number of hydrogen-bond donors (Lipinski definition) is 0. The van der Waals surface area contributed by atoms with Gasteiger partial charge in [0.1, 0.15) is 0 Å². The summed E-state index contributed by atoms with van der Waals surface area (Å²) in [5, 5.41) is 15.4. The number of fused-ring (bicyclic) bond motifs is 4. The lowest BCUT2D eigenvalue weighted by atomic mass is 10.1. The molecule has 0 saturated carbocycles. The first-order chi connectivity index (χ1) is 22.8. The molecule has 0 amide bonds.